The highest BCUT2D eigenvalue weighted by molar-refractivity contribution is 7.23. The molecule has 0 atom stereocenters. The van der Waals surface area contributed by atoms with Crippen molar-refractivity contribution in [2.24, 2.45) is 0 Å². The molecule has 1 aromatic heterocycles. The summed E-state index contributed by atoms with van der Waals surface area (Å²) in [6, 6.07) is 9.92. The molecule has 2 aromatic carbocycles. The van der Waals surface area contributed by atoms with E-state index in [4.69, 9.17) is 27.9 Å². The number of hydrogen-bond acceptors (Lipinski definition) is 4. The maximum Gasteiger partial charge on any atom is 0.325 e. The summed E-state index contributed by atoms with van der Waals surface area (Å²) >= 11 is 13.3. The lowest BCUT2D eigenvalue weighted by atomic mass is 10.3. The number of ether oxygens (including phenoxy) is 1. The van der Waals surface area contributed by atoms with Crippen LogP contribution in [0.4, 0.5) is 15.6 Å². The van der Waals surface area contributed by atoms with Crippen LogP contribution in [0, 0.1) is 0 Å². The van der Waals surface area contributed by atoms with Crippen molar-refractivity contribution < 1.29 is 9.53 Å². The quantitative estimate of drug-likeness (QED) is 0.663. The summed E-state index contributed by atoms with van der Waals surface area (Å²) in [5.41, 5.74) is 1.20. The number of carbonyl (C=O) groups is 1. The summed E-state index contributed by atoms with van der Waals surface area (Å²) in [4.78, 5) is 16.4. The minimum Gasteiger partial charge on any atom is -0.494 e. The van der Waals surface area contributed by atoms with Gasteiger partial charge in [0.1, 0.15) is 11.3 Å². The number of methoxy groups -OCH3 is 1. The van der Waals surface area contributed by atoms with Crippen LogP contribution in [-0.4, -0.2) is 18.1 Å². The molecule has 0 aliphatic rings. The van der Waals surface area contributed by atoms with Gasteiger partial charge in [-0.2, -0.15) is 0 Å². The molecule has 23 heavy (non-hydrogen) atoms. The number of halogens is 2. The zero-order valence-corrected chi connectivity index (χ0v) is 14.2. The lowest BCUT2D eigenvalue weighted by Gasteiger charge is -2.05. The summed E-state index contributed by atoms with van der Waals surface area (Å²) in [6.45, 7) is 0. The molecule has 0 fully saturated rings. The maximum absolute atomic E-state index is 12.0. The highest BCUT2D eigenvalue weighted by Gasteiger charge is 2.14. The number of nitrogens with one attached hydrogen (secondary N) is 2. The van der Waals surface area contributed by atoms with Crippen LogP contribution in [0.5, 0.6) is 5.75 Å². The van der Waals surface area contributed by atoms with E-state index in [1.165, 1.54) is 11.3 Å². The molecule has 0 unspecified atom stereocenters. The Kier molecular flexibility index (Phi) is 4.56. The Hall–Kier alpha value is -2.02. The van der Waals surface area contributed by atoms with Crippen molar-refractivity contribution >= 4 is 61.6 Å². The molecule has 0 spiro atoms. The van der Waals surface area contributed by atoms with E-state index in [1.807, 2.05) is 0 Å². The van der Waals surface area contributed by atoms with Crippen molar-refractivity contribution in [3.05, 3.63) is 46.4 Å². The van der Waals surface area contributed by atoms with Crippen LogP contribution >= 0.6 is 34.5 Å². The summed E-state index contributed by atoms with van der Waals surface area (Å²) in [5.74, 6) is 0.601. The van der Waals surface area contributed by atoms with Gasteiger partial charge in [-0.25, -0.2) is 9.78 Å². The number of benzene rings is 2. The number of aromatic nitrogens is 1. The second-order valence-electron chi connectivity index (χ2n) is 4.54. The smallest absolute Gasteiger partial charge is 0.325 e. The summed E-state index contributed by atoms with van der Waals surface area (Å²) in [6.07, 6.45) is 0. The van der Waals surface area contributed by atoms with Gasteiger partial charge in [-0.1, -0.05) is 40.6 Å². The molecule has 0 aliphatic carbocycles. The Morgan fingerprint density at radius 3 is 2.78 bits per heavy atom. The molecule has 2 amide bonds. The second kappa shape index (κ2) is 6.62. The minimum atomic E-state index is -0.415. The second-order valence-corrected chi connectivity index (χ2v) is 6.38. The van der Waals surface area contributed by atoms with Gasteiger partial charge in [0.15, 0.2) is 5.13 Å². The number of amides is 2. The maximum atomic E-state index is 12.0. The predicted molar refractivity (Wildman–Crippen MR) is 95.3 cm³/mol. The standard InChI is InChI=1S/C15H11Cl2N3O2S/c1-22-11-6-5-10(17)13-12(11)19-15(23-13)20-14(21)18-9-4-2-3-8(16)7-9/h2-7H,1H3,(H2,18,19,20,21). The molecule has 3 rings (SSSR count). The number of thiazole rings is 1. The van der Waals surface area contributed by atoms with Gasteiger partial charge in [0.2, 0.25) is 0 Å². The Bertz CT molecular complexity index is 882. The van der Waals surface area contributed by atoms with Gasteiger partial charge in [-0.05, 0) is 30.3 Å². The van der Waals surface area contributed by atoms with Crippen LogP contribution in [0.3, 0.4) is 0 Å². The van der Waals surface area contributed by atoms with Gasteiger partial charge in [0.25, 0.3) is 0 Å². The van der Waals surface area contributed by atoms with Crippen molar-refractivity contribution in [2.75, 3.05) is 17.7 Å². The zero-order valence-electron chi connectivity index (χ0n) is 11.9. The van der Waals surface area contributed by atoms with E-state index in [2.05, 4.69) is 15.6 Å². The molecule has 0 saturated carbocycles. The van der Waals surface area contributed by atoms with E-state index in [0.717, 1.165) is 4.70 Å². The van der Waals surface area contributed by atoms with E-state index in [0.29, 0.717) is 32.1 Å². The van der Waals surface area contributed by atoms with Crippen molar-refractivity contribution in [2.45, 2.75) is 0 Å². The number of carbonyl (C=O) groups excluding carboxylic acids is 1. The van der Waals surface area contributed by atoms with Gasteiger partial charge < -0.3 is 10.1 Å². The van der Waals surface area contributed by atoms with Crippen molar-refractivity contribution in [1.82, 2.24) is 4.98 Å². The van der Waals surface area contributed by atoms with Crippen LogP contribution < -0.4 is 15.4 Å². The fourth-order valence-electron chi connectivity index (χ4n) is 2.00. The third-order valence-corrected chi connectivity index (χ3v) is 4.65. The number of rotatable bonds is 3. The van der Waals surface area contributed by atoms with E-state index in [-0.39, 0.29) is 0 Å². The fourth-order valence-corrected chi connectivity index (χ4v) is 3.34. The van der Waals surface area contributed by atoms with Crippen LogP contribution in [-0.2, 0) is 0 Å². The Morgan fingerprint density at radius 2 is 2.04 bits per heavy atom. The molecule has 5 nitrogen and oxygen atoms in total. The Morgan fingerprint density at radius 1 is 1.22 bits per heavy atom. The molecule has 2 N–H and O–H groups in total. The van der Waals surface area contributed by atoms with E-state index in [1.54, 1.807) is 43.5 Å². The molecule has 0 bridgehead atoms. The summed E-state index contributed by atoms with van der Waals surface area (Å²) in [7, 11) is 1.56. The molecule has 1 heterocycles. The fraction of sp³-hybridized carbons (Fsp3) is 0.0667. The monoisotopic (exact) mass is 367 g/mol. The third kappa shape index (κ3) is 3.50. The van der Waals surface area contributed by atoms with Crippen LogP contribution in [0.2, 0.25) is 10.0 Å². The first kappa shape index (κ1) is 15.9. The molecule has 118 valence electrons. The zero-order chi connectivity index (χ0) is 16.4. The highest BCUT2D eigenvalue weighted by atomic mass is 35.5. The van der Waals surface area contributed by atoms with E-state index in [9.17, 15) is 4.79 Å². The van der Waals surface area contributed by atoms with E-state index >= 15 is 0 Å². The number of urea groups is 1. The first-order valence-electron chi connectivity index (χ1n) is 6.53. The Labute approximate surface area is 146 Å². The lowest BCUT2D eigenvalue weighted by Crippen LogP contribution is -2.19. The van der Waals surface area contributed by atoms with Gasteiger partial charge in [0.05, 0.1) is 16.8 Å². The van der Waals surface area contributed by atoms with Crippen LogP contribution in [0.15, 0.2) is 36.4 Å². The van der Waals surface area contributed by atoms with Crippen molar-refractivity contribution in [1.29, 1.82) is 0 Å². The molecule has 0 saturated heterocycles. The molecule has 8 heteroatoms. The Balaban J connectivity index is 1.81. The number of hydrogen-bond donors (Lipinski definition) is 2. The average Bonchev–Trinajstić information content (AvgIpc) is 2.92. The predicted octanol–water partition coefficient (Wildman–Crippen LogP) is 5.26. The number of nitrogens with zero attached hydrogens (tertiary/aromatic N) is 1. The summed E-state index contributed by atoms with van der Waals surface area (Å²) < 4.78 is 6.01. The average molecular weight is 368 g/mol. The third-order valence-electron chi connectivity index (χ3n) is 2.98. The highest BCUT2D eigenvalue weighted by Crippen LogP contribution is 2.37. The first-order valence-corrected chi connectivity index (χ1v) is 8.10. The van der Waals surface area contributed by atoms with E-state index < -0.39 is 6.03 Å². The topological polar surface area (TPSA) is 63.2 Å². The molecule has 3 aromatic rings. The summed E-state index contributed by atoms with van der Waals surface area (Å²) in [5, 5.41) is 6.88. The van der Waals surface area contributed by atoms with Gasteiger partial charge in [-0.3, -0.25) is 5.32 Å². The van der Waals surface area contributed by atoms with Gasteiger partial charge in [0, 0.05) is 10.7 Å². The lowest BCUT2D eigenvalue weighted by molar-refractivity contribution is 0.262. The van der Waals surface area contributed by atoms with Crippen molar-refractivity contribution in [3.8, 4) is 5.75 Å². The molecular formula is C15H11Cl2N3O2S. The first-order chi connectivity index (χ1) is 11.1. The van der Waals surface area contributed by atoms with Gasteiger partial charge in [-0.15, -0.1) is 0 Å². The number of fused-ring (bicyclic) bond motifs is 1. The SMILES string of the molecule is COc1ccc(Cl)c2sc(NC(=O)Nc3cccc(Cl)c3)nc12. The largest absolute Gasteiger partial charge is 0.494 e. The van der Waals surface area contributed by atoms with Crippen molar-refractivity contribution in [3.63, 3.8) is 0 Å². The normalized spacial score (nSPS) is 10.6. The minimum absolute atomic E-state index is 0.415. The van der Waals surface area contributed by atoms with Crippen LogP contribution in [0.25, 0.3) is 10.2 Å². The molecule has 0 radical (unpaired) electrons. The number of anilines is 2. The van der Waals surface area contributed by atoms with Crippen LogP contribution in [0.1, 0.15) is 0 Å². The molecular weight excluding hydrogens is 357 g/mol. The molecule has 0 aliphatic heterocycles. The van der Waals surface area contributed by atoms with Gasteiger partial charge >= 0.3 is 6.03 Å².